The summed E-state index contributed by atoms with van der Waals surface area (Å²) in [6, 6.07) is 0. The Morgan fingerprint density at radius 1 is 0.609 bits per heavy atom. The minimum absolute atomic E-state index is 0.282. The predicted octanol–water partition coefficient (Wildman–Crippen LogP) is 2.57. The summed E-state index contributed by atoms with van der Waals surface area (Å²) >= 11 is 0. The molecular formula is C14H30O7Si2. The van der Waals surface area contributed by atoms with Gasteiger partial charge in [0.15, 0.2) is 0 Å². The van der Waals surface area contributed by atoms with Gasteiger partial charge in [0.25, 0.3) is 0 Å². The minimum atomic E-state index is -2.90. The molecule has 0 radical (unpaired) electrons. The van der Waals surface area contributed by atoms with Crippen LogP contribution >= 0.6 is 0 Å². The molecule has 0 spiro atoms. The lowest BCUT2D eigenvalue weighted by Crippen LogP contribution is -2.48. The topological polar surface area (TPSA) is 64.6 Å². The predicted molar refractivity (Wildman–Crippen MR) is 91.8 cm³/mol. The molecule has 0 aromatic rings. The van der Waals surface area contributed by atoms with E-state index in [9.17, 15) is 0 Å². The molecular weight excluding hydrogens is 336 g/mol. The van der Waals surface area contributed by atoms with Gasteiger partial charge in [-0.3, -0.25) is 0 Å². The molecule has 0 heterocycles. The Balaban J connectivity index is 5.13. The molecule has 0 saturated carbocycles. The summed E-state index contributed by atoms with van der Waals surface area (Å²) in [5, 5.41) is 0. The number of ether oxygens (including phenoxy) is 1. The van der Waals surface area contributed by atoms with Crippen molar-refractivity contribution in [3.05, 3.63) is 24.7 Å². The fourth-order valence-electron chi connectivity index (χ4n) is 2.30. The normalized spacial score (nSPS) is 15.1. The van der Waals surface area contributed by atoms with Crippen LogP contribution in [0.3, 0.4) is 0 Å². The molecule has 0 aliphatic carbocycles. The molecule has 0 aliphatic heterocycles. The van der Waals surface area contributed by atoms with E-state index in [1.165, 1.54) is 0 Å². The smallest absolute Gasteiger partial charge is 0.467 e. The van der Waals surface area contributed by atoms with Crippen LogP contribution < -0.4 is 0 Å². The standard InChI is InChI=1S/C14H30O7Si2/c1-11(13(3)22(15-5,16-6)17-7)21-12(2)14(4)23(18-8,19-9)20-10/h13-14H,1-2H2,3-10H3. The molecule has 23 heavy (non-hydrogen) atoms. The molecule has 0 aliphatic rings. The van der Waals surface area contributed by atoms with E-state index < -0.39 is 17.6 Å². The first-order valence-electron chi connectivity index (χ1n) is 7.10. The number of hydrogen-bond donors (Lipinski definition) is 0. The molecule has 0 saturated heterocycles. The van der Waals surface area contributed by atoms with E-state index in [0.29, 0.717) is 11.5 Å². The molecule has 0 aromatic heterocycles. The second-order valence-electron chi connectivity index (χ2n) is 4.91. The Kier molecular flexibility index (Phi) is 9.47. The fraction of sp³-hybridized carbons (Fsp3) is 0.714. The van der Waals surface area contributed by atoms with E-state index in [-0.39, 0.29) is 11.1 Å². The number of rotatable bonds is 12. The summed E-state index contributed by atoms with van der Waals surface area (Å²) in [4.78, 5) is 0. The van der Waals surface area contributed by atoms with Crippen molar-refractivity contribution in [2.75, 3.05) is 42.7 Å². The van der Waals surface area contributed by atoms with Crippen LogP contribution in [0.4, 0.5) is 0 Å². The molecule has 2 unspecified atom stereocenters. The lowest BCUT2D eigenvalue weighted by molar-refractivity contribution is 0.101. The van der Waals surface area contributed by atoms with E-state index in [0.717, 1.165) is 0 Å². The summed E-state index contributed by atoms with van der Waals surface area (Å²) in [7, 11) is 3.44. The van der Waals surface area contributed by atoms with Crippen LogP contribution in [-0.4, -0.2) is 60.3 Å². The summed E-state index contributed by atoms with van der Waals surface area (Å²) in [5.41, 5.74) is -0.565. The lowest BCUT2D eigenvalue weighted by atomic mass is 10.4. The summed E-state index contributed by atoms with van der Waals surface area (Å²) in [6.07, 6.45) is 0. The molecule has 0 fully saturated rings. The zero-order valence-electron chi connectivity index (χ0n) is 15.4. The maximum Gasteiger partial charge on any atom is 0.510 e. The van der Waals surface area contributed by atoms with Crippen LogP contribution in [0.2, 0.25) is 11.1 Å². The third-order valence-corrected chi connectivity index (χ3v) is 10.2. The van der Waals surface area contributed by atoms with Crippen LogP contribution in [0.1, 0.15) is 13.8 Å². The molecule has 7 nitrogen and oxygen atoms in total. The Morgan fingerprint density at radius 3 is 1.00 bits per heavy atom. The van der Waals surface area contributed by atoms with Gasteiger partial charge in [-0.2, -0.15) is 0 Å². The van der Waals surface area contributed by atoms with Crippen molar-refractivity contribution >= 4 is 17.6 Å². The highest BCUT2D eigenvalue weighted by atomic mass is 28.4. The Morgan fingerprint density at radius 2 is 0.826 bits per heavy atom. The van der Waals surface area contributed by atoms with E-state index in [2.05, 4.69) is 13.2 Å². The van der Waals surface area contributed by atoms with Gasteiger partial charge < -0.3 is 31.3 Å². The summed E-state index contributed by atoms with van der Waals surface area (Å²) in [5.74, 6) is 0.871. The largest absolute Gasteiger partial charge is 0.510 e. The Hall–Kier alpha value is -0.526. The van der Waals surface area contributed by atoms with Crippen molar-refractivity contribution in [2.45, 2.75) is 24.9 Å². The van der Waals surface area contributed by atoms with Gasteiger partial charge in [-0.05, 0) is 0 Å². The van der Waals surface area contributed by atoms with Crippen LogP contribution in [0, 0.1) is 0 Å². The van der Waals surface area contributed by atoms with Gasteiger partial charge in [0.2, 0.25) is 0 Å². The first-order chi connectivity index (χ1) is 10.7. The van der Waals surface area contributed by atoms with Crippen molar-refractivity contribution in [3.63, 3.8) is 0 Å². The molecule has 0 rings (SSSR count). The second kappa shape index (κ2) is 9.69. The van der Waals surface area contributed by atoms with E-state index in [1.54, 1.807) is 42.7 Å². The quantitative estimate of drug-likeness (QED) is 0.388. The zero-order chi connectivity index (χ0) is 18.3. The highest BCUT2D eigenvalue weighted by Gasteiger charge is 2.49. The maximum absolute atomic E-state index is 5.80. The highest BCUT2D eigenvalue weighted by molar-refractivity contribution is 6.63. The molecule has 0 N–H and O–H groups in total. The Labute approximate surface area is 141 Å². The van der Waals surface area contributed by atoms with Gasteiger partial charge in [0.1, 0.15) is 11.5 Å². The van der Waals surface area contributed by atoms with Gasteiger partial charge in [-0.1, -0.05) is 27.0 Å². The van der Waals surface area contributed by atoms with Crippen molar-refractivity contribution in [3.8, 4) is 0 Å². The van der Waals surface area contributed by atoms with Gasteiger partial charge >= 0.3 is 17.6 Å². The molecule has 136 valence electrons. The second-order valence-corrected chi connectivity index (χ2v) is 11.5. The third kappa shape index (κ3) is 4.73. The number of allylic oxidation sites excluding steroid dienone is 2. The van der Waals surface area contributed by atoms with Crippen molar-refractivity contribution in [1.29, 1.82) is 0 Å². The minimum Gasteiger partial charge on any atom is -0.467 e. The Bertz CT molecular complexity index is 342. The fourth-order valence-corrected chi connectivity index (χ4v) is 6.33. The average Bonchev–Trinajstić information content (AvgIpc) is 2.58. The van der Waals surface area contributed by atoms with Crippen LogP contribution in [0.5, 0.6) is 0 Å². The third-order valence-electron chi connectivity index (χ3n) is 4.00. The van der Waals surface area contributed by atoms with E-state index in [1.807, 2.05) is 13.8 Å². The van der Waals surface area contributed by atoms with Crippen LogP contribution in [-0.2, 0) is 31.3 Å². The van der Waals surface area contributed by atoms with E-state index >= 15 is 0 Å². The summed E-state index contributed by atoms with van der Waals surface area (Å²) < 4.78 is 38.5. The SMILES string of the molecule is C=C(OC(=C)C(C)[Si](OC)(OC)OC)C(C)[Si](OC)(OC)OC. The van der Waals surface area contributed by atoms with E-state index in [4.69, 9.17) is 31.3 Å². The molecule has 9 heteroatoms. The van der Waals surface area contributed by atoms with Gasteiger partial charge in [-0.15, -0.1) is 0 Å². The van der Waals surface area contributed by atoms with Crippen molar-refractivity contribution in [2.24, 2.45) is 0 Å². The van der Waals surface area contributed by atoms with Crippen molar-refractivity contribution < 1.29 is 31.3 Å². The molecule has 0 amide bonds. The first kappa shape index (κ1) is 22.5. The van der Waals surface area contributed by atoms with Crippen LogP contribution in [0.15, 0.2) is 24.7 Å². The van der Waals surface area contributed by atoms with Crippen LogP contribution in [0.25, 0.3) is 0 Å². The summed E-state index contributed by atoms with van der Waals surface area (Å²) in [6.45, 7) is 11.6. The number of hydrogen-bond acceptors (Lipinski definition) is 7. The van der Waals surface area contributed by atoms with Gasteiger partial charge in [0, 0.05) is 42.7 Å². The monoisotopic (exact) mass is 366 g/mol. The first-order valence-corrected chi connectivity index (χ1v) is 10.7. The molecule has 0 bridgehead atoms. The zero-order valence-corrected chi connectivity index (χ0v) is 17.4. The van der Waals surface area contributed by atoms with Gasteiger partial charge in [-0.25, -0.2) is 0 Å². The molecule has 0 aromatic carbocycles. The van der Waals surface area contributed by atoms with Crippen molar-refractivity contribution in [1.82, 2.24) is 0 Å². The maximum atomic E-state index is 5.80. The molecule has 2 atom stereocenters. The lowest BCUT2D eigenvalue weighted by Gasteiger charge is -2.34. The average molecular weight is 367 g/mol. The van der Waals surface area contributed by atoms with Gasteiger partial charge in [0.05, 0.1) is 11.1 Å². The highest BCUT2D eigenvalue weighted by Crippen LogP contribution is 2.36.